The van der Waals surface area contributed by atoms with Crippen molar-refractivity contribution in [2.75, 3.05) is 0 Å². The van der Waals surface area contributed by atoms with Gasteiger partial charge in [-0.15, -0.1) is 0 Å². The van der Waals surface area contributed by atoms with Crippen LogP contribution in [-0.2, 0) is 6.42 Å². The quantitative estimate of drug-likeness (QED) is 0.508. The summed E-state index contributed by atoms with van der Waals surface area (Å²) in [5, 5.41) is 0. The molecule has 0 fully saturated rings. The minimum absolute atomic E-state index is 1.04. The van der Waals surface area contributed by atoms with E-state index in [9.17, 15) is 0 Å². The first-order chi connectivity index (χ1) is 7.43. The molecule has 72 valence electrons. The van der Waals surface area contributed by atoms with Crippen LogP contribution in [0.3, 0.4) is 0 Å². The Labute approximate surface area is 89.9 Å². The van der Waals surface area contributed by atoms with E-state index < -0.39 is 0 Å². The maximum absolute atomic E-state index is 2.21. The van der Waals surface area contributed by atoms with Gasteiger partial charge in [0.1, 0.15) is 0 Å². The average molecular weight is 192 g/mol. The van der Waals surface area contributed by atoms with Crippen LogP contribution in [-0.4, -0.2) is 0 Å². The van der Waals surface area contributed by atoms with Crippen molar-refractivity contribution >= 4 is 12.2 Å². The first-order valence-electron chi connectivity index (χ1n) is 5.27. The van der Waals surface area contributed by atoms with Crippen LogP contribution in [0.5, 0.6) is 0 Å². The standard InChI is InChI=1S/C15H12/c1-3-7-14-11-15-8-4-2-6-13(15)10-9-12(14)5-1/h1-10H,11H2. The van der Waals surface area contributed by atoms with E-state index in [1.165, 1.54) is 22.3 Å². The van der Waals surface area contributed by atoms with Gasteiger partial charge in [0.2, 0.25) is 0 Å². The molecule has 0 heteroatoms. The Kier molecular flexibility index (Phi) is 1.92. The first-order valence-corrected chi connectivity index (χ1v) is 5.27. The molecule has 1 aliphatic rings. The molecule has 2 aromatic carbocycles. The molecule has 0 aromatic heterocycles. The van der Waals surface area contributed by atoms with Gasteiger partial charge < -0.3 is 0 Å². The fourth-order valence-electron chi connectivity index (χ4n) is 2.10. The molecule has 0 nitrogen and oxygen atoms in total. The van der Waals surface area contributed by atoms with Crippen LogP contribution in [0.1, 0.15) is 22.3 Å². The van der Waals surface area contributed by atoms with Crippen LogP contribution in [0.2, 0.25) is 0 Å². The summed E-state index contributed by atoms with van der Waals surface area (Å²) in [7, 11) is 0. The normalized spacial score (nSPS) is 12.8. The molecule has 0 heterocycles. The van der Waals surface area contributed by atoms with E-state index in [1.807, 2.05) is 0 Å². The fourth-order valence-corrected chi connectivity index (χ4v) is 2.10. The fraction of sp³-hybridized carbons (Fsp3) is 0.0667. The number of fused-ring (bicyclic) bond motifs is 2. The third kappa shape index (κ3) is 1.48. The van der Waals surface area contributed by atoms with Gasteiger partial charge in [-0.25, -0.2) is 0 Å². The van der Waals surface area contributed by atoms with E-state index in [4.69, 9.17) is 0 Å². The van der Waals surface area contributed by atoms with E-state index in [0.717, 1.165) is 6.42 Å². The Balaban J connectivity index is 2.19. The van der Waals surface area contributed by atoms with Gasteiger partial charge in [-0.2, -0.15) is 0 Å². The molecular formula is C15H12. The van der Waals surface area contributed by atoms with Crippen LogP contribution in [0.15, 0.2) is 48.5 Å². The monoisotopic (exact) mass is 192 g/mol. The van der Waals surface area contributed by atoms with Crippen LogP contribution >= 0.6 is 0 Å². The molecule has 0 radical (unpaired) electrons. The summed E-state index contributed by atoms with van der Waals surface area (Å²) in [6.45, 7) is 0. The molecule has 0 atom stereocenters. The molecule has 0 bridgehead atoms. The summed E-state index contributed by atoms with van der Waals surface area (Å²) in [5.74, 6) is 0. The number of hydrogen-bond donors (Lipinski definition) is 0. The highest BCUT2D eigenvalue weighted by atomic mass is 14.1. The number of rotatable bonds is 0. The van der Waals surface area contributed by atoms with Crippen molar-refractivity contribution in [3.8, 4) is 0 Å². The lowest BCUT2D eigenvalue weighted by Gasteiger charge is -2.04. The van der Waals surface area contributed by atoms with Crippen molar-refractivity contribution in [3.63, 3.8) is 0 Å². The summed E-state index contributed by atoms with van der Waals surface area (Å²) < 4.78 is 0. The smallest absolute Gasteiger partial charge is 0.00139 e. The lowest BCUT2D eigenvalue weighted by molar-refractivity contribution is 1.18. The molecule has 0 N–H and O–H groups in total. The Morgan fingerprint density at radius 3 is 1.60 bits per heavy atom. The van der Waals surface area contributed by atoms with E-state index in [-0.39, 0.29) is 0 Å². The summed E-state index contributed by atoms with van der Waals surface area (Å²) in [6.07, 6.45) is 5.46. The van der Waals surface area contributed by atoms with Crippen molar-refractivity contribution < 1.29 is 0 Å². The third-order valence-electron chi connectivity index (χ3n) is 2.93. The van der Waals surface area contributed by atoms with E-state index in [1.54, 1.807) is 0 Å². The van der Waals surface area contributed by atoms with Gasteiger partial charge in [-0.3, -0.25) is 0 Å². The second-order valence-electron chi connectivity index (χ2n) is 3.91. The van der Waals surface area contributed by atoms with Crippen molar-refractivity contribution in [1.82, 2.24) is 0 Å². The van der Waals surface area contributed by atoms with Crippen LogP contribution < -0.4 is 0 Å². The van der Waals surface area contributed by atoms with Gasteiger partial charge in [0.05, 0.1) is 0 Å². The minimum Gasteiger partial charge on any atom is -0.0619 e. The third-order valence-corrected chi connectivity index (χ3v) is 2.93. The Hall–Kier alpha value is -1.82. The molecular weight excluding hydrogens is 180 g/mol. The lowest BCUT2D eigenvalue weighted by Crippen LogP contribution is -1.90. The van der Waals surface area contributed by atoms with Gasteiger partial charge in [0, 0.05) is 0 Å². The lowest BCUT2D eigenvalue weighted by atomic mass is 10.0. The maximum Gasteiger partial charge on any atom is -0.00139 e. The van der Waals surface area contributed by atoms with Gasteiger partial charge in [0.25, 0.3) is 0 Å². The molecule has 0 saturated carbocycles. The van der Waals surface area contributed by atoms with E-state index in [0.29, 0.717) is 0 Å². The largest absolute Gasteiger partial charge is 0.0619 e. The maximum atomic E-state index is 2.21. The Bertz CT molecular complexity index is 474. The predicted octanol–water partition coefficient (Wildman–Crippen LogP) is 3.76. The first kappa shape index (κ1) is 8.49. The zero-order valence-corrected chi connectivity index (χ0v) is 8.48. The average Bonchev–Trinajstić information content (AvgIpc) is 2.48. The van der Waals surface area contributed by atoms with E-state index in [2.05, 4.69) is 60.7 Å². The Morgan fingerprint density at radius 1 is 0.600 bits per heavy atom. The molecule has 0 spiro atoms. The second-order valence-corrected chi connectivity index (χ2v) is 3.91. The summed E-state index contributed by atoms with van der Waals surface area (Å²) >= 11 is 0. The van der Waals surface area contributed by atoms with Crippen molar-refractivity contribution in [1.29, 1.82) is 0 Å². The molecule has 0 saturated heterocycles. The zero-order chi connectivity index (χ0) is 10.1. The van der Waals surface area contributed by atoms with Crippen molar-refractivity contribution in [3.05, 3.63) is 70.8 Å². The van der Waals surface area contributed by atoms with Gasteiger partial charge >= 0.3 is 0 Å². The summed E-state index contributed by atoms with van der Waals surface area (Å²) in [6, 6.07) is 17.2. The molecule has 3 rings (SSSR count). The van der Waals surface area contributed by atoms with Crippen LogP contribution in [0, 0.1) is 0 Å². The van der Waals surface area contributed by atoms with Gasteiger partial charge in [-0.1, -0.05) is 60.7 Å². The van der Waals surface area contributed by atoms with Gasteiger partial charge in [-0.05, 0) is 28.7 Å². The van der Waals surface area contributed by atoms with Gasteiger partial charge in [0.15, 0.2) is 0 Å². The summed E-state index contributed by atoms with van der Waals surface area (Å²) in [4.78, 5) is 0. The van der Waals surface area contributed by atoms with Crippen LogP contribution in [0.25, 0.3) is 12.2 Å². The topological polar surface area (TPSA) is 0 Å². The van der Waals surface area contributed by atoms with Crippen molar-refractivity contribution in [2.45, 2.75) is 6.42 Å². The molecule has 0 unspecified atom stereocenters. The molecule has 15 heavy (non-hydrogen) atoms. The van der Waals surface area contributed by atoms with E-state index >= 15 is 0 Å². The molecule has 0 aliphatic heterocycles. The highest BCUT2D eigenvalue weighted by Crippen LogP contribution is 2.24. The Morgan fingerprint density at radius 2 is 1.07 bits per heavy atom. The highest BCUT2D eigenvalue weighted by Gasteiger charge is 2.06. The zero-order valence-electron chi connectivity index (χ0n) is 8.48. The summed E-state index contributed by atoms with van der Waals surface area (Å²) in [5.41, 5.74) is 5.51. The molecule has 1 aliphatic carbocycles. The number of benzene rings is 2. The molecule has 2 aromatic rings. The SMILES string of the molecule is C1=Cc2ccccc2Cc2ccccc21. The number of hydrogen-bond acceptors (Lipinski definition) is 0. The van der Waals surface area contributed by atoms with Crippen molar-refractivity contribution in [2.24, 2.45) is 0 Å². The minimum atomic E-state index is 1.04. The second kappa shape index (κ2) is 3.39. The highest BCUT2D eigenvalue weighted by molar-refractivity contribution is 5.75. The van der Waals surface area contributed by atoms with Crippen LogP contribution in [0.4, 0.5) is 0 Å². The predicted molar refractivity (Wildman–Crippen MR) is 64.6 cm³/mol. The molecule has 0 amide bonds.